The topological polar surface area (TPSA) is 0 Å². The van der Waals surface area contributed by atoms with E-state index in [1.54, 1.807) is 0 Å². The van der Waals surface area contributed by atoms with Gasteiger partial charge in [-0.25, -0.2) is 0 Å². The van der Waals surface area contributed by atoms with Crippen molar-refractivity contribution in [1.82, 2.24) is 0 Å². The number of benzene rings is 1. The molecule has 0 saturated carbocycles. The van der Waals surface area contributed by atoms with Gasteiger partial charge in [-0.3, -0.25) is 0 Å². The fourth-order valence-corrected chi connectivity index (χ4v) is 0.580. The zero-order valence-electron chi connectivity index (χ0n) is 5.81. The van der Waals surface area contributed by atoms with Crippen LogP contribution in [-0.4, -0.2) is 0 Å². The Morgan fingerprint density at radius 2 is 1.89 bits per heavy atom. The van der Waals surface area contributed by atoms with E-state index in [0.717, 1.165) is 0 Å². The molecule has 0 radical (unpaired) electrons. The Hall–Kier alpha value is 0.324. The SMILES string of the molecule is Cc1[c-]cc(C)cc1.[Y+3]. The molecule has 1 aromatic rings. The van der Waals surface area contributed by atoms with Crippen molar-refractivity contribution in [3.05, 3.63) is 35.4 Å². The van der Waals surface area contributed by atoms with Gasteiger partial charge in [0, 0.05) is 0 Å². The second-order valence-electron chi connectivity index (χ2n) is 2.05. The van der Waals surface area contributed by atoms with Crippen LogP contribution in [0.2, 0.25) is 0 Å². The smallest absolute Gasteiger partial charge is 0.180 e. The van der Waals surface area contributed by atoms with E-state index in [0.29, 0.717) is 0 Å². The molecule has 0 aliphatic rings. The van der Waals surface area contributed by atoms with E-state index in [9.17, 15) is 0 Å². The average Bonchev–Trinajstić information content (AvgIpc) is 1.77. The molecule has 0 N–H and O–H groups in total. The Morgan fingerprint density at radius 1 is 1.22 bits per heavy atom. The van der Waals surface area contributed by atoms with Gasteiger partial charge in [0.15, 0.2) is 0 Å². The van der Waals surface area contributed by atoms with Crippen molar-refractivity contribution in [2.24, 2.45) is 0 Å². The Labute approximate surface area is 81.5 Å². The fraction of sp³-hybridized carbons (Fsp3) is 0.250. The molecule has 0 aromatic heterocycles. The molecular weight excluding hydrogens is 185 g/mol. The van der Waals surface area contributed by atoms with Crippen LogP contribution in [0.4, 0.5) is 0 Å². The molecule has 1 heteroatoms. The van der Waals surface area contributed by atoms with Gasteiger partial charge in [-0.2, -0.15) is 35.4 Å². The molecule has 0 fully saturated rings. The second-order valence-corrected chi connectivity index (χ2v) is 2.05. The van der Waals surface area contributed by atoms with Crippen LogP contribution in [0.5, 0.6) is 0 Å². The average molecular weight is 194 g/mol. The molecule has 0 heterocycles. The zero-order chi connectivity index (χ0) is 5.98. The van der Waals surface area contributed by atoms with Gasteiger partial charge in [-0.05, 0) is 0 Å². The van der Waals surface area contributed by atoms with Gasteiger partial charge >= 0.3 is 32.7 Å². The maximum absolute atomic E-state index is 3.10. The van der Waals surface area contributed by atoms with Crippen LogP contribution < -0.4 is 0 Å². The summed E-state index contributed by atoms with van der Waals surface area (Å²) in [5.74, 6) is 0. The molecular formula is C8H9Y+2. The molecule has 9 heavy (non-hydrogen) atoms. The second kappa shape index (κ2) is 4.19. The minimum atomic E-state index is 0. The number of aryl methyl sites for hydroxylation is 2. The summed E-state index contributed by atoms with van der Waals surface area (Å²) in [7, 11) is 0. The summed E-state index contributed by atoms with van der Waals surface area (Å²) in [6.07, 6.45) is 0. The summed E-state index contributed by atoms with van der Waals surface area (Å²) in [6, 6.07) is 9.25. The summed E-state index contributed by atoms with van der Waals surface area (Å²) < 4.78 is 0. The zero-order valence-corrected chi connectivity index (χ0v) is 8.65. The maximum Gasteiger partial charge on any atom is 3.00 e. The van der Waals surface area contributed by atoms with E-state index >= 15 is 0 Å². The Balaban J connectivity index is 0.000000640. The predicted octanol–water partition coefficient (Wildman–Crippen LogP) is 2.10. The third-order valence-electron chi connectivity index (χ3n) is 1.12. The van der Waals surface area contributed by atoms with Gasteiger partial charge in [0.2, 0.25) is 0 Å². The van der Waals surface area contributed by atoms with Crippen molar-refractivity contribution in [2.75, 3.05) is 0 Å². The molecule has 0 nitrogen and oxygen atoms in total. The summed E-state index contributed by atoms with van der Waals surface area (Å²) in [5, 5.41) is 0. The molecule has 0 atom stereocenters. The van der Waals surface area contributed by atoms with Gasteiger partial charge in [0.05, 0.1) is 0 Å². The third kappa shape index (κ3) is 3.12. The maximum atomic E-state index is 3.10. The predicted molar refractivity (Wildman–Crippen MR) is 34.8 cm³/mol. The number of hydrogen-bond acceptors (Lipinski definition) is 0. The summed E-state index contributed by atoms with van der Waals surface area (Å²) in [5.41, 5.74) is 2.48. The number of rotatable bonds is 0. The molecule has 0 saturated heterocycles. The van der Waals surface area contributed by atoms with E-state index < -0.39 is 0 Å². The van der Waals surface area contributed by atoms with Crippen molar-refractivity contribution in [3.63, 3.8) is 0 Å². The number of hydrogen-bond donors (Lipinski definition) is 0. The first-order valence-electron chi connectivity index (χ1n) is 2.74. The van der Waals surface area contributed by atoms with Crippen LogP contribution in [0.15, 0.2) is 18.2 Å². The van der Waals surface area contributed by atoms with Gasteiger partial charge in [0.1, 0.15) is 0 Å². The van der Waals surface area contributed by atoms with Gasteiger partial charge in [-0.1, -0.05) is 13.8 Å². The first-order chi connectivity index (χ1) is 3.79. The van der Waals surface area contributed by atoms with Gasteiger partial charge < -0.3 is 0 Å². The summed E-state index contributed by atoms with van der Waals surface area (Å²) in [6.45, 7) is 4.11. The largest absolute Gasteiger partial charge is 3.00 e. The van der Waals surface area contributed by atoms with Crippen molar-refractivity contribution in [3.8, 4) is 0 Å². The monoisotopic (exact) mass is 194 g/mol. The molecule has 0 aliphatic heterocycles. The third-order valence-corrected chi connectivity index (χ3v) is 1.12. The van der Waals surface area contributed by atoms with E-state index in [4.69, 9.17) is 0 Å². The Kier molecular flexibility index (Phi) is 4.34. The van der Waals surface area contributed by atoms with Crippen LogP contribution in [-0.2, 0) is 32.7 Å². The molecule has 0 unspecified atom stereocenters. The van der Waals surface area contributed by atoms with Crippen LogP contribution >= 0.6 is 0 Å². The van der Waals surface area contributed by atoms with Crippen LogP contribution in [0.3, 0.4) is 0 Å². The first kappa shape index (κ1) is 9.32. The molecule has 0 aliphatic carbocycles. The van der Waals surface area contributed by atoms with E-state index in [1.807, 2.05) is 13.0 Å². The van der Waals surface area contributed by atoms with Crippen LogP contribution in [0, 0.1) is 19.9 Å². The molecule has 0 bridgehead atoms. The van der Waals surface area contributed by atoms with E-state index in [1.165, 1.54) is 11.1 Å². The van der Waals surface area contributed by atoms with E-state index in [2.05, 4.69) is 25.1 Å². The minimum Gasteiger partial charge on any atom is -0.180 e. The van der Waals surface area contributed by atoms with Crippen molar-refractivity contribution < 1.29 is 32.7 Å². The molecule has 0 amide bonds. The van der Waals surface area contributed by atoms with Crippen molar-refractivity contribution in [1.29, 1.82) is 0 Å². The van der Waals surface area contributed by atoms with Gasteiger partial charge in [0.25, 0.3) is 0 Å². The molecule has 1 rings (SSSR count). The van der Waals surface area contributed by atoms with Crippen molar-refractivity contribution >= 4 is 0 Å². The fourth-order valence-electron chi connectivity index (χ4n) is 0.580. The summed E-state index contributed by atoms with van der Waals surface area (Å²) in [4.78, 5) is 0. The summed E-state index contributed by atoms with van der Waals surface area (Å²) >= 11 is 0. The standard InChI is InChI=1S/C8H9.Y/c1-7-3-5-8(2)6-4-7;/h3-5H,1-2H3;/q-1;+3. The van der Waals surface area contributed by atoms with Crippen LogP contribution in [0.1, 0.15) is 11.1 Å². The Morgan fingerprint density at radius 3 is 2.22 bits per heavy atom. The molecule has 0 spiro atoms. The van der Waals surface area contributed by atoms with Crippen LogP contribution in [0.25, 0.3) is 0 Å². The first-order valence-corrected chi connectivity index (χ1v) is 2.74. The molecule has 1 aromatic carbocycles. The van der Waals surface area contributed by atoms with E-state index in [-0.39, 0.29) is 32.7 Å². The molecule has 42 valence electrons. The van der Waals surface area contributed by atoms with Crippen molar-refractivity contribution in [2.45, 2.75) is 13.8 Å². The normalized spacial score (nSPS) is 8.22. The van der Waals surface area contributed by atoms with Gasteiger partial charge in [-0.15, -0.1) is 0 Å². The Bertz CT molecular complexity index is 143. The minimum absolute atomic E-state index is 0. The quantitative estimate of drug-likeness (QED) is 0.555.